The third-order valence-electron chi connectivity index (χ3n) is 9.34. The normalized spacial score (nSPS) is 17.3. The van der Waals surface area contributed by atoms with Gasteiger partial charge < -0.3 is 57.2 Å². The third-order valence-corrected chi connectivity index (χ3v) is 9.34. The molecule has 0 spiro atoms. The predicted molar refractivity (Wildman–Crippen MR) is 216 cm³/mol. The Hall–Kier alpha value is -3.64. The van der Waals surface area contributed by atoms with Crippen molar-refractivity contribution in [3.8, 4) is 12.1 Å². The van der Waals surface area contributed by atoms with Crippen LogP contribution in [-0.2, 0) is 60.5 Å². The molecule has 2 heterocycles. The molecule has 2 aliphatic rings. The summed E-state index contributed by atoms with van der Waals surface area (Å²) in [6.07, 6.45) is 6.12. The molecule has 0 radical (unpaired) electrons. The lowest BCUT2D eigenvalue weighted by Crippen LogP contribution is -2.33. The van der Waals surface area contributed by atoms with Crippen LogP contribution in [0.3, 0.4) is 0 Å². The minimum absolute atomic E-state index is 0.111. The molecule has 2 fully saturated rings. The Balaban J connectivity index is 1.20. The highest BCUT2D eigenvalue weighted by Crippen LogP contribution is 2.20. The number of hydrogen-bond acceptors (Lipinski definition) is 14. The minimum atomic E-state index is -0.111. The van der Waals surface area contributed by atoms with Crippen LogP contribution in [0.2, 0.25) is 0 Å². The number of ether oxygens (including phenoxy) is 10. The first kappa shape index (κ1) is 47.0. The summed E-state index contributed by atoms with van der Waals surface area (Å²) < 4.78 is 56.9. The fourth-order valence-corrected chi connectivity index (χ4v) is 6.29. The number of rotatable bonds is 32. The van der Waals surface area contributed by atoms with Crippen molar-refractivity contribution in [2.45, 2.75) is 64.2 Å². The Labute approximate surface area is 345 Å². The molecule has 4 rings (SSSR count). The van der Waals surface area contributed by atoms with E-state index in [0.717, 1.165) is 62.9 Å². The summed E-state index contributed by atoms with van der Waals surface area (Å²) in [6.45, 7) is 9.28. The maximum atomic E-state index is 10.6. The van der Waals surface area contributed by atoms with Gasteiger partial charge in [-0.15, -0.1) is 0 Å². The van der Waals surface area contributed by atoms with Crippen LogP contribution >= 0.6 is 0 Å². The van der Waals surface area contributed by atoms with Crippen molar-refractivity contribution in [2.75, 3.05) is 119 Å². The quantitative estimate of drug-likeness (QED) is 0.0684. The van der Waals surface area contributed by atoms with E-state index in [9.17, 15) is 10.5 Å². The molecule has 0 N–H and O–H groups in total. The predicted octanol–water partition coefficient (Wildman–Crippen LogP) is 5.44. The summed E-state index contributed by atoms with van der Waals surface area (Å²) in [7, 11) is 0. The smallest absolute Gasteiger partial charge is 0.157 e. The van der Waals surface area contributed by atoms with Crippen molar-refractivity contribution in [1.29, 1.82) is 10.5 Å². The van der Waals surface area contributed by atoms with Gasteiger partial charge in [-0.25, -0.2) is 0 Å². The topological polar surface area (TPSA) is 146 Å². The Kier molecular flexibility index (Phi) is 25.4. The zero-order valence-corrected chi connectivity index (χ0v) is 34.2. The molecule has 320 valence electrons. The summed E-state index contributed by atoms with van der Waals surface area (Å²) in [6, 6.07) is 24.5. The van der Waals surface area contributed by atoms with E-state index in [1.54, 1.807) is 0 Å². The maximum absolute atomic E-state index is 10.6. The van der Waals surface area contributed by atoms with Crippen LogP contribution in [0, 0.1) is 22.7 Å². The monoisotopic (exact) mass is 808 g/mol. The molecular formula is C44H64N4O10. The van der Waals surface area contributed by atoms with Gasteiger partial charge in [-0.3, -0.25) is 0 Å². The molecule has 2 saturated heterocycles. The van der Waals surface area contributed by atoms with Crippen molar-refractivity contribution in [2.24, 2.45) is 0 Å². The van der Waals surface area contributed by atoms with Crippen molar-refractivity contribution in [3.63, 3.8) is 0 Å². The summed E-state index contributed by atoms with van der Waals surface area (Å²) in [5, 5.41) is 21.1. The van der Waals surface area contributed by atoms with Gasteiger partial charge in [0.05, 0.1) is 92.5 Å². The molecule has 14 nitrogen and oxygen atoms in total. The number of nitriles is 2. The second-order valence-corrected chi connectivity index (χ2v) is 13.7. The van der Waals surface area contributed by atoms with Crippen LogP contribution in [-0.4, -0.2) is 141 Å². The van der Waals surface area contributed by atoms with E-state index in [4.69, 9.17) is 47.4 Å². The van der Waals surface area contributed by atoms with Crippen LogP contribution in [0.5, 0.6) is 0 Å². The van der Waals surface area contributed by atoms with E-state index < -0.39 is 0 Å². The summed E-state index contributed by atoms with van der Waals surface area (Å²) in [4.78, 5) is 3.82. The van der Waals surface area contributed by atoms with Crippen molar-refractivity contribution in [3.05, 3.63) is 83.2 Å². The molecule has 0 aromatic heterocycles. The van der Waals surface area contributed by atoms with Gasteiger partial charge in [-0.05, 0) is 49.7 Å². The van der Waals surface area contributed by atoms with Crippen molar-refractivity contribution in [1.82, 2.24) is 9.80 Å². The molecule has 0 aliphatic carbocycles. The van der Waals surface area contributed by atoms with E-state index in [2.05, 4.69) is 12.1 Å². The van der Waals surface area contributed by atoms with E-state index >= 15 is 0 Å². The van der Waals surface area contributed by atoms with E-state index in [0.29, 0.717) is 119 Å². The first-order valence-corrected chi connectivity index (χ1v) is 20.8. The first-order chi connectivity index (χ1) is 28.8. The lowest BCUT2D eigenvalue weighted by Gasteiger charge is -2.30. The van der Waals surface area contributed by atoms with E-state index in [-0.39, 0.29) is 24.0 Å². The second-order valence-electron chi connectivity index (χ2n) is 13.7. The largest absolute Gasteiger partial charge is 0.377 e. The molecule has 0 saturated carbocycles. The van der Waals surface area contributed by atoms with Gasteiger partial charge in [-0.1, -0.05) is 60.7 Å². The molecule has 2 unspecified atom stereocenters. The molecule has 0 amide bonds. The molecular weight excluding hydrogens is 745 g/mol. The molecule has 14 heteroatoms. The van der Waals surface area contributed by atoms with Crippen LogP contribution < -0.4 is 0 Å². The average molecular weight is 809 g/mol. The maximum Gasteiger partial charge on any atom is 0.157 e. The van der Waals surface area contributed by atoms with Crippen LogP contribution in [0.1, 0.15) is 49.7 Å². The number of nitrogens with zero attached hydrogens (tertiary/aromatic N) is 4. The van der Waals surface area contributed by atoms with E-state index in [1.165, 1.54) is 0 Å². The zero-order valence-electron chi connectivity index (χ0n) is 34.2. The Morgan fingerprint density at radius 1 is 0.483 bits per heavy atom. The van der Waals surface area contributed by atoms with Gasteiger partial charge in [0.15, 0.2) is 24.0 Å². The lowest BCUT2D eigenvalue weighted by molar-refractivity contribution is -0.169. The fraction of sp³-hybridized carbons (Fsp3) is 0.636. The Bertz CT molecular complexity index is 1320. The molecule has 2 aromatic rings. The van der Waals surface area contributed by atoms with E-state index in [1.807, 2.05) is 70.5 Å². The standard InChI is InChI=1S/C44H64N4O10/c45-35-41(47(37-39-11-3-1-4-12-39)17-21-49-23-25-51-27-29-53-31-33-57-43-15-7-9-19-55-43)42(36-46)48(38-40-13-5-2-6-14-40)18-22-50-24-26-52-28-30-54-32-34-58-44-16-8-10-20-56-44/h1-6,11-14,43-44H,7-10,15-34,37-38H2/b42-41-. The van der Waals surface area contributed by atoms with Gasteiger partial charge in [0, 0.05) is 39.4 Å². The summed E-state index contributed by atoms with van der Waals surface area (Å²) in [5.41, 5.74) is 2.58. The third kappa shape index (κ3) is 20.4. The van der Waals surface area contributed by atoms with Crippen LogP contribution in [0.25, 0.3) is 0 Å². The SMILES string of the molecule is N#C/C(=C(\C#N)N(CCOCCOCCOCCOC1CCCCO1)Cc1ccccc1)N(CCOCCOCCOCCOC1CCCCO1)Cc1ccccc1. The molecule has 0 bridgehead atoms. The van der Waals surface area contributed by atoms with Gasteiger partial charge in [0.2, 0.25) is 0 Å². The molecule has 2 atom stereocenters. The first-order valence-electron chi connectivity index (χ1n) is 20.8. The van der Waals surface area contributed by atoms with Gasteiger partial charge >= 0.3 is 0 Å². The lowest BCUT2D eigenvalue weighted by atomic mass is 10.1. The minimum Gasteiger partial charge on any atom is -0.377 e. The number of hydrogen-bond donors (Lipinski definition) is 0. The van der Waals surface area contributed by atoms with Gasteiger partial charge in [-0.2, -0.15) is 10.5 Å². The van der Waals surface area contributed by atoms with Crippen molar-refractivity contribution >= 4 is 0 Å². The summed E-state index contributed by atoms with van der Waals surface area (Å²) >= 11 is 0. The Morgan fingerprint density at radius 3 is 1.16 bits per heavy atom. The van der Waals surface area contributed by atoms with Crippen LogP contribution in [0.15, 0.2) is 72.1 Å². The number of benzene rings is 2. The van der Waals surface area contributed by atoms with Crippen molar-refractivity contribution < 1.29 is 47.4 Å². The molecule has 2 aliphatic heterocycles. The average Bonchev–Trinajstić information content (AvgIpc) is 3.27. The summed E-state index contributed by atoms with van der Waals surface area (Å²) in [5.74, 6) is 0. The highest BCUT2D eigenvalue weighted by atomic mass is 16.7. The highest BCUT2D eigenvalue weighted by Gasteiger charge is 2.22. The molecule has 2 aromatic carbocycles. The second kappa shape index (κ2) is 31.3. The van der Waals surface area contributed by atoms with Gasteiger partial charge in [0.1, 0.15) is 12.1 Å². The van der Waals surface area contributed by atoms with Gasteiger partial charge in [0.25, 0.3) is 0 Å². The highest BCUT2D eigenvalue weighted by molar-refractivity contribution is 5.36. The molecule has 58 heavy (non-hydrogen) atoms. The number of allylic oxidation sites excluding steroid dienone is 2. The fourth-order valence-electron chi connectivity index (χ4n) is 6.29. The zero-order chi connectivity index (χ0) is 40.6. The Morgan fingerprint density at radius 2 is 0.828 bits per heavy atom. The van der Waals surface area contributed by atoms with Crippen LogP contribution in [0.4, 0.5) is 0 Å².